The second-order valence-electron chi connectivity index (χ2n) is 3.77. The van der Waals surface area contributed by atoms with Crippen molar-refractivity contribution in [3.05, 3.63) is 12.7 Å². The van der Waals surface area contributed by atoms with E-state index < -0.39 is 0 Å². The van der Waals surface area contributed by atoms with Crippen LogP contribution >= 0.6 is 0 Å². The molecule has 14 heavy (non-hydrogen) atoms. The molecule has 0 spiro atoms. The summed E-state index contributed by atoms with van der Waals surface area (Å²) < 4.78 is 6.07. The molecule has 0 rings (SSSR count). The summed E-state index contributed by atoms with van der Waals surface area (Å²) >= 11 is 0. The molecule has 0 saturated heterocycles. The van der Waals surface area contributed by atoms with Crippen LogP contribution in [0.15, 0.2) is 12.7 Å². The molecule has 0 aromatic heterocycles. The third kappa shape index (κ3) is 6.88. The molecule has 0 bridgehead atoms. The minimum absolute atomic E-state index is 0. The molecule has 0 saturated carbocycles. The zero-order valence-electron chi connectivity index (χ0n) is 9.21. The summed E-state index contributed by atoms with van der Waals surface area (Å²) in [6.45, 7) is 5.52. The van der Waals surface area contributed by atoms with Gasteiger partial charge in [0.05, 0.1) is 21.1 Å². The predicted molar refractivity (Wildman–Crippen MR) is 51.8 cm³/mol. The van der Waals surface area contributed by atoms with Crippen molar-refractivity contribution in [2.24, 2.45) is 0 Å². The van der Waals surface area contributed by atoms with E-state index in [0.29, 0.717) is 4.48 Å². The van der Waals surface area contributed by atoms with Crippen LogP contribution in [-0.4, -0.2) is 44.5 Å². The fraction of sp³-hybridized carbons (Fsp3) is 0.667. The van der Waals surface area contributed by atoms with Gasteiger partial charge in [0.25, 0.3) is 0 Å². The van der Waals surface area contributed by atoms with E-state index in [-0.39, 0.29) is 31.3 Å². The molecule has 1 atom stereocenters. The summed E-state index contributed by atoms with van der Waals surface area (Å²) in [6.07, 6.45) is 1.27. The molecule has 5 heteroatoms. The van der Waals surface area contributed by atoms with E-state index in [1.165, 1.54) is 6.08 Å². The highest BCUT2D eigenvalue weighted by Gasteiger charge is 2.18. The van der Waals surface area contributed by atoms with Crippen LogP contribution < -0.4 is 17.7 Å². The van der Waals surface area contributed by atoms with E-state index in [0.717, 1.165) is 0 Å². The fourth-order valence-electron chi connectivity index (χ4n) is 0.529. The van der Waals surface area contributed by atoms with Crippen LogP contribution in [0.4, 0.5) is 0 Å². The van der Waals surface area contributed by atoms with Gasteiger partial charge in [0.15, 0.2) is 6.23 Å². The van der Waals surface area contributed by atoms with E-state index in [2.05, 4.69) is 11.9 Å². The number of nitrogens with zero attached hydrogens (tertiary/aromatic N) is 1. The molecular formula is C9H19ClN2O2. The summed E-state index contributed by atoms with van der Waals surface area (Å²) in [6, 6.07) is 0. The average Bonchev–Trinajstić information content (AvgIpc) is 2.02. The minimum atomic E-state index is -0.214. The Hall–Kier alpha value is -0.580. The standard InChI is InChI=1S/C9H18N2O2.ClH/c1-6-9(12)10-7-13-8(2)11(3,4)5;/h6,8H,1,7H2,2-5H3;1H. The number of amides is 1. The Balaban J connectivity index is 0. The number of nitrogens with one attached hydrogen (secondary N) is 1. The van der Waals surface area contributed by atoms with Gasteiger partial charge in [-0.05, 0) is 6.08 Å². The lowest BCUT2D eigenvalue weighted by atomic mass is 10.5. The Kier molecular flexibility index (Phi) is 7.72. The van der Waals surface area contributed by atoms with Gasteiger partial charge in [-0.15, -0.1) is 0 Å². The van der Waals surface area contributed by atoms with Crippen LogP contribution in [0.25, 0.3) is 0 Å². The molecular weight excluding hydrogens is 204 g/mol. The normalized spacial score (nSPS) is 12.6. The van der Waals surface area contributed by atoms with E-state index in [9.17, 15) is 4.79 Å². The number of carbonyl (C=O) groups is 1. The lowest BCUT2D eigenvalue weighted by Gasteiger charge is -2.30. The maximum Gasteiger partial charge on any atom is 0.245 e. The second-order valence-corrected chi connectivity index (χ2v) is 3.77. The zero-order valence-corrected chi connectivity index (χ0v) is 9.97. The van der Waals surface area contributed by atoms with Gasteiger partial charge in [-0.3, -0.25) is 4.79 Å². The number of carbonyl (C=O) groups excluding carboxylic acids is 1. The lowest BCUT2D eigenvalue weighted by molar-refractivity contribution is -0.917. The molecule has 1 amide bonds. The average molecular weight is 223 g/mol. The maximum absolute atomic E-state index is 10.7. The molecule has 1 unspecified atom stereocenters. The second kappa shape index (κ2) is 6.81. The van der Waals surface area contributed by atoms with E-state index in [4.69, 9.17) is 4.74 Å². The van der Waals surface area contributed by atoms with Crippen LogP contribution in [0.1, 0.15) is 6.92 Å². The Labute approximate surface area is 91.9 Å². The summed E-state index contributed by atoms with van der Waals surface area (Å²) in [5.74, 6) is -0.214. The molecule has 84 valence electrons. The zero-order chi connectivity index (χ0) is 10.5. The highest BCUT2D eigenvalue weighted by molar-refractivity contribution is 5.86. The molecule has 4 nitrogen and oxygen atoms in total. The third-order valence-electron chi connectivity index (χ3n) is 1.85. The van der Waals surface area contributed by atoms with Crippen LogP contribution in [0, 0.1) is 0 Å². The largest absolute Gasteiger partial charge is 1.00 e. The molecule has 0 radical (unpaired) electrons. The Morgan fingerprint density at radius 3 is 2.43 bits per heavy atom. The number of quaternary nitrogens is 1. The highest BCUT2D eigenvalue weighted by Crippen LogP contribution is 2.01. The van der Waals surface area contributed by atoms with Crippen LogP contribution in [-0.2, 0) is 9.53 Å². The fourth-order valence-corrected chi connectivity index (χ4v) is 0.529. The first-order valence-corrected chi connectivity index (χ1v) is 4.21. The molecule has 0 aromatic carbocycles. The molecule has 0 aromatic rings. The first-order valence-electron chi connectivity index (χ1n) is 4.21. The number of hydrogen-bond donors (Lipinski definition) is 1. The Morgan fingerprint density at radius 1 is 1.57 bits per heavy atom. The molecule has 0 aliphatic heterocycles. The van der Waals surface area contributed by atoms with Crippen molar-refractivity contribution in [2.75, 3.05) is 27.9 Å². The van der Waals surface area contributed by atoms with Gasteiger partial charge in [0, 0.05) is 6.92 Å². The highest BCUT2D eigenvalue weighted by atomic mass is 35.5. The summed E-state index contributed by atoms with van der Waals surface area (Å²) in [7, 11) is 6.08. The first kappa shape index (κ1) is 15.9. The van der Waals surface area contributed by atoms with Crippen molar-refractivity contribution in [1.29, 1.82) is 0 Å². The number of ether oxygens (including phenoxy) is 1. The maximum atomic E-state index is 10.7. The topological polar surface area (TPSA) is 38.3 Å². The number of hydrogen-bond acceptors (Lipinski definition) is 2. The van der Waals surface area contributed by atoms with Gasteiger partial charge in [0.2, 0.25) is 5.91 Å². The SMILES string of the molecule is C=CC(=O)NCOC(C)[N+](C)(C)C.[Cl-]. The molecule has 0 aliphatic carbocycles. The summed E-state index contributed by atoms with van der Waals surface area (Å²) in [5.41, 5.74) is 0. The van der Waals surface area contributed by atoms with E-state index in [1.807, 2.05) is 28.1 Å². The monoisotopic (exact) mass is 222 g/mol. The van der Waals surface area contributed by atoms with Crippen molar-refractivity contribution >= 4 is 5.91 Å². The molecule has 0 aliphatic rings. The van der Waals surface area contributed by atoms with E-state index in [1.54, 1.807) is 0 Å². The van der Waals surface area contributed by atoms with Gasteiger partial charge in [-0.2, -0.15) is 0 Å². The lowest BCUT2D eigenvalue weighted by Crippen LogP contribution is -3.00. The van der Waals surface area contributed by atoms with E-state index >= 15 is 0 Å². The van der Waals surface area contributed by atoms with Crippen molar-refractivity contribution in [2.45, 2.75) is 13.2 Å². The summed E-state index contributed by atoms with van der Waals surface area (Å²) in [5, 5.41) is 2.55. The quantitative estimate of drug-likeness (QED) is 0.313. The van der Waals surface area contributed by atoms with Gasteiger partial charge < -0.3 is 26.9 Å². The van der Waals surface area contributed by atoms with Crippen LogP contribution in [0.3, 0.4) is 0 Å². The number of rotatable bonds is 5. The smallest absolute Gasteiger partial charge is 0.245 e. The molecule has 0 heterocycles. The van der Waals surface area contributed by atoms with Crippen molar-refractivity contribution in [3.63, 3.8) is 0 Å². The van der Waals surface area contributed by atoms with Crippen molar-refractivity contribution in [3.8, 4) is 0 Å². The molecule has 1 N–H and O–H groups in total. The van der Waals surface area contributed by atoms with Crippen molar-refractivity contribution in [1.82, 2.24) is 5.32 Å². The Morgan fingerprint density at radius 2 is 2.07 bits per heavy atom. The third-order valence-corrected chi connectivity index (χ3v) is 1.85. The van der Waals surface area contributed by atoms with Gasteiger partial charge in [-0.25, -0.2) is 0 Å². The minimum Gasteiger partial charge on any atom is -1.00 e. The van der Waals surface area contributed by atoms with Gasteiger partial charge in [0.1, 0.15) is 6.73 Å². The Bertz CT molecular complexity index is 190. The van der Waals surface area contributed by atoms with Gasteiger partial charge in [-0.1, -0.05) is 6.58 Å². The first-order chi connectivity index (χ1) is 5.88. The van der Waals surface area contributed by atoms with Crippen molar-refractivity contribution < 1.29 is 26.4 Å². The van der Waals surface area contributed by atoms with Crippen LogP contribution in [0.2, 0.25) is 0 Å². The number of halogens is 1. The predicted octanol–water partition coefficient (Wildman–Crippen LogP) is -2.68. The van der Waals surface area contributed by atoms with Crippen LogP contribution in [0.5, 0.6) is 0 Å². The summed E-state index contributed by atoms with van der Waals surface area (Å²) in [4.78, 5) is 10.7. The molecule has 0 fully saturated rings. The van der Waals surface area contributed by atoms with Gasteiger partial charge >= 0.3 is 0 Å².